The molecule has 0 saturated heterocycles. The minimum absolute atomic E-state index is 0.0774. The Morgan fingerprint density at radius 2 is 2.18 bits per heavy atom. The van der Waals surface area contributed by atoms with E-state index in [1.165, 1.54) is 11.1 Å². The highest BCUT2D eigenvalue weighted by Gasteiger charge is 2.22. The second-order valence-electron chi connectivity index (χ2n) is 6.65. The third-order valence-corrected chi connectivity index (χ3v) is 5.21. The van der Waals surface area contributed by atoms with Crippen molar-refractivity contribution in [1.29, 1.82) is 0 Å². The molecule has 1 amide bonds. The molecule has 0 fully saturated rings. The average molecular weight is 394 g/mol. The standard InChI is InChI=1S/C22H20ClN3O2/c1-28-20-12-15(6-10-19(20)26-14-24-13-21(26)23)7-11-22(27)25-18-9-8-16-4-2-3-5-17(16)18/h2-7,10-14,18H,8-9H2,1H3,(H,25,27). The summed E-state index contributed by atoms with van der Waals surface area (Å²) in [7, 11) is 1.60. The van der Waals surface area contributed by atoms with Crippen LogP contribution in [0.5, 0.6) is 5.75 Å². The van der Waals surface area contributed by atoms with Crippen LogP contribution in [0.2, 0.25) is 5.15 Å². The Hall–Kier alpha value is -3.05. The molecule has 4 rings (SSSR count). The molecule has 1 aliphatic carbocycles. The van der Waals surface area contributed by atoms with Crippen LogP contribution in [0.15, 0.2) is 61.1 Å². The Morgan fingerprint density at radius 3 is 2.96 bits per heavy atom. The van der Waals surface area contributed by atoms with Gasteiger partial charge in [0, 0.05) is 6.08 Å². The molecule has 1 N–H and O–H groups in total. The first-order valence-electron chi connectivity index (χ1n) is 9.08. The smallest absolute Gasteiger partial charge is 0.244 e. The summed E-state index contributed by atoms with van der Waals surface area (Å²) in [4.78, 5) is 16.4. The van der Waals surface area contributed by atoms with Crippen molar-refractivity contribution in [1.82, 2.24) is 14.9 Å². The highest BCUT2D eigenvalue weighted by atomic mass is 35.5. The molecule has 28 heavy (non-hydrogen) atoms. The van der Waals surface area contributed by atoms with Gasteiger partial charge < -0.3 is 10.1 Å². The van der Waals surface area contributed by atoms with Crippen molar-refractivity contribution in [3.8, 4) is 11.4 Å². The van der Waals surface area contributed by atoms with E-state index < -0.39 is 0 Å². The number of rotatable bonds is 5. The molecule has 0 radical (unpaired) electrons. The molecular weight excluding hydrogens is 374 g/mol. The van der Waals surface area contributed by atoms with Crippen molar-refractivity contribution in [2.24, 2.45) is 0 Å². The Balaban J connectivity index is 1.47. The third kappa shape index (κ3) is 3.66. The van der Waals surface area contributed by atoms with Gasteiger partial charge in [-0.15, -0.1) is 0 Å². The molecule has 0 spiro atoms. The fourth-order valence-electron chi connectivity index (χ4n) is 3.55. The summed E-state index contributed by atoms with van der Waals surface area (Å²) in [5.74, 6) is 0.537. The lowest BCUT2D eigenvalue weighted by molar-refractivity contribution is -0.117. The predicted molar refractivity (Wildman–Crippen MR) is 110 cm³/mol. The second-order valence-corrected chi connectivity index (χ2v) is 7.04. The number of nitrogens with one attached hydrogen (secondary N) is 1. The quantitative estimate of drug-likeness (QED) is 0.655. The Labute approximate surface area is 168 Å². The zero-order chi connectivity index (χ0) is 19.5. The lowest BCUT2D eigenvalue weighted by Gasteiger charge is -2.12. The molecule has 1 atom stereocenters. The van der Waals surface area contributed by atoms with Crippen molar-refractivity contribution in [3.63, 3.8) is 0 Å². The Morgan fingerprint density at radius 1 is 1.32 bits per heavy atom. The van der Waals surface area contributed by atoms with Crippen LogP contribution in [0.1, 0.15) is 29.2 Å². The van der Waals surface area contributed by atoms with Gasteiger partial charge in [-0.05, 0) is 47.7 Å². The number of carbonyl (C=O) groups excluding carboxylic acids is 1. The summed E-state index contributed by atoms with van der Waals surface area (Å²) in [6.07, 6.45) is 8.47. The van der Waals surface area contributed by atoms with E-state index >= 15 is 0 Å². The van der Waals surface area contributed by atoms with Gasteiger partial charge in [-0.1, -0.05) is 41.9 Å². The van der Waals surface area contributed by atoms with Gasteiger partial charge in [-0.2, -0.15) is 0 Å². The lowest BCUT2D eigenvalue weighted by atomic mass is 10.1. The third-order valence-electron chi connectivity index (χ3n) is 4.93. The first kappa shape index (κ1) is 18.3. The van der Waals surface area contributed by atoms with Gasteiger partial charge in [-0.25, -0.2) is 4.98 Å². The summed E-state index contributed by atoms with van der Waals surface area (Å²) >= 11 is 6.14. The maximum Gasteiger partial charge on any atom is 0.244 e. The number of imidazole rings is 1. The highest BCUT2D eigenvalue weighted by molar-refractivity contribution is 6.29. The number of carbonyl (C=O) groups is 1. The summed E-state index contributed by atoms with van der Waals surface area (Å²) < 4.78 is 7.21. The number of hydrogen-bond acceptors (Lipinski definition) is 3. The molecule has 1 heterocycles. The molecule has 6 heteroatoms. The van der Waals surface area contributed by atoms with E-state index in [1.807, 2.05) is 30.3 Å². The first-order valence-corrected chi connectivity index (χ1v) is 9.46. The number of methoxy groups -OCH3 is 1. The Bertz CT molecular complexity index is 1040. The number of halogens is 1. The zero-order valence-electron chi connectivity index (χ0n) is 15.4. The molecule has 0 aliphatic heterocycles. The zero-order valence-corrected chi connectivity index (χ0v) is 16.2. The maximum absolute atomic E-state index is 12.4. The number of amides is 1. The van der Waals surface area contributed by atoms with Gasteiger partial charge in [0.1, 0.15) is 17.2 Å². The normalized spacial score (nSPS) is 15.6. The molecule has 0 bridgehead atoms. The summed E-state index contributed by atoms with van der Waals surface area (Å²) in [5.41, 5.74) is 4.18. The maximum atomic E-state index is 12.4. The number of aromatic nitrogens is 2. The molecule has 2 aromatic carbocycles. The van der Waals surface area contributed by atoms with E-state index in [2.05, 4.69) is 22.4 Å². The minimum atomic E-state index is -0.109. The van der Waals surface area contributed by atoms with E-state index in [4.69, 9.17) is 16.3 Å². The van der Waals surface area contributed by atoms with E-state index in [1.54, 1.807) is 36.4 Å². The van der Waals surface area contributed by atoms with Gasteiger partial charge in [0.2, 0.25) is 5.91 Å². The van der Waals surface area contributed by atoms with Crippen molar-refractivity contribution in [3.05, 3.63) is 82.9 Å². The fraction of sp³-hybridized carbons (Fsp3) is 0.182. The van der Waals surface area contributed by atoms with Gasteiger partial charge in [0.25, 0.3) is 0 Å². The number of ether oxygens (including phenoxy) is 1. The average Bonchev–Trinajstić information content (AvgIpc) is 3.32. The van der Waals surface area contributed by atoms with Crippen molar-refractivity contribution >= 4 is 23.6 Å². The SMILES string of the molecule is COc1cc(C=CC(=O)NC2CCc3ccccc32)ccc1-n1cncc1Cl. The fourth-order valence-corrected chi connectivity index (χ4v) is 3.74. The largest absolute Gasteiger partial charge is 0.495 e. The van der Waals surface area contributed by atoms with Gasteiger partial charge >= 0.3 is 0 Å². The summed E-state index contributed by atoms with van der Waals surface area (Å²) in [6, 6.07) is 14.0. The first-order chi connectivity index (χ1) is 13.7. The van der Waals surface area contributed by atoms with Crippen molar-refractivity contribution in [2.45, 2.75) is 18.9 Å². The van der Waals surface area contributed by atoms with E-state index in [0.29, 0.717) is 10.9 Å². The van der Waals surface area contributed by atoms with Crippen LogP contribution < -0.4 is 10.1 Å². The predicted octanol–water partition coefficient (Wildman–Crippen LogP) is 4.35. The van der Waals surface area contributed by atoms with Crippen LogP contribution in [0.25, 0.3) is 11.8 Å². The number of hydrogen-bond donors (Lipinski definition) is 1. The van der Waals surface area contributed by atoms with Crippen LogP contribution in [0.3, 0.4) is 0 Å². The summed E-state index contributed by atoms with van der Waals surface area (Å²) in [5, 5.41) is 3.59. The van der Waals surface area contributed by atoms with Gasteiger partial charge in [-0.3, -0.25) is 9.36 Å². The minimum Gasteiger partial charge on any atom is -0.495 e. The van der Waals surface area contributed by atoms with Crippen LogP contribution in [0, 0.1) is 0 Å². The van der Waals surface area contributed by atoms with Gasteiger partial charge in [0.15, 0.2) is 0 Å². The van der Waals surface area contributed by atoms with Gasteiger partial charge in [0.05, 0.1) is 25.0 Å². The van der Waals surface area contributed by atoms with Crippen molar-refractivity contribution < 1.29 is 9.53 Å². The van der Waals surface area contributed by atoms with E-state index in [9.17, 15) is 4.79 Å². The number of aryl methyl sites for hydroxylation is 1. The van der Waals surface area contributed by atoms with Crippen LogP contribution in [-0.2, 0) is 11.2 Å². The molecular formula is C22H20ClN3O2. The molecule has 1 unspecified atom stereocenters. The van der Waals surface area contributed by atoms with Crippen molar-refractivity contribution in [2.75, 3.05) is 7.11 Å². The van der Waals surface area contributed by atoms with Crippen LogP contribution in [-0.4, -0.2) is 22.6 Å². The van der Waals surface area contributed by atoms with Crippen LogP contribution >= 0.6 is 11.6 Å². The lowest BCUT2D eigenvalue weighted by Crippen LogP contribution is -2.25. The number of fused-ring (bicyclic) bond motifs is 1. The molecule has 3 aromatic rings. The highest BCUT2D eigenvalue weighted by Crippen LogP contribution is 2.31. The topological polar surface area (TPSA) is 56.1 Å². The van der Waals surface area contributed by atoms with Crippen LogP contribution in [0.4, 0.5) is 0 Å². The number of benzene rings is 2. The van der Waals surface area contributed by atoms with E-state index in [0.717, 1.165) is 24.1 Å². The number of nitrogens with zero attached hydrogens (tertiary/aromatic N) is 2. The molecule has 0 saturated carbocycles. The van der Waals surface area contributed by atoms with E-state index in [-0.39, 0.29) is 11.9 Å². The summed E-state index contributed by atoms with van der Waals surface area (Å²) in [6.45, 7) is 0. The molecule has 1 aliphatic rings. The molecule has 142 valence electrons. The molecule has 5 nitrogen and oxygen atoms in total. The monoisotopic (exact) mass is 393 g/mol. The molecule has 1 aromatic heterocycles. The Kier molecular flexibility index (Phi) is 5.17. The second kappa shape index (κ2) is 7.90.